The van der Waals surface area contributed by atoms with Crippen LogP contribution in [0.1, 0.15) is 23.7 Å². The van der Waals surface area contributed by atoms with Crippen molar-refractivity contribution in [3.63, 3.8) is 0 Å². The molecule has 0 aliphatic carbocycles. The maximum Gasteiger partial charge on any atom is 0.279 e. The van der Waals surface area contributed by atoms with Crippen LogP contribution in [0.2, 0.25) is 0 Å². The van der Waals surface area contributed by atoms with Gasteiger partial charge in [-0.2, -0.15) is 4.99 Å². The molecule has 0 N–H and O–H groups in total. The highest BCUT2D eigenvalue weighted by Gasteiger charge is 2.16. The first-order valence-corrected chi connectivity index (χ1v) is 8.99. The van der Waals surface area contributed by atoms with E-state index < -0.39 is 5.91 Å². The van der Waals surface area contributed by atoms with Crippen molar-refractivity contribution >= 4 is 27.5 Å². The number of rotatable bonds is 5. The summed E-state index contributed by atoms with van der Waals surface area (Å²) in [6.07, 6.45) is 0.865. The van der Waals surface area contributed by atoms with Crippen molar-refractivity contribution in [1.29, 1.82) is 0 Å². The van der Waals surface area contributed by atoms with Gasteiger partial charge >= 0.3 is 0 Å². The van der Waals surface area contributed by atoms with Gasteiger partial charge in [0.15, 0.2) is 4.80 Å². The SMILES string of the molecule is CCCn1c(=NC(=O)c2ccc(F)cc2)sc2c(OC)ccc(OC)c21. The Morgan fingerprint density at radius 3 is 2.38 bits per heavy atom. The van der Waals surface area contributed by atoms with Gasteiger partial charge in [-0.15, -0.1) is 0 Å². The fourth-order valence-electron chi connectivity index (χ4n) is 2.71. The predicted molar refractivity (Wildman–Crippen MR) is 99.5 cm³/mol. The molecule has 3 rings (SSSR count). The quantitative estimate of drug-likeness (QED) is 0.678. The number of aromatic nitrogens is 1. The van der Waals surface area contributed by atoms with Crippen molar-refractivity contribution in [2.24, 2.45) is 4.99 Å². The number of ether oxygens (including phenoxy) is 2. The van der Waals surface area contributed by atoms with Crippen LogP contribution in [-0.2, 0) is 6.54 Å². The number of amides is 1. The van der Waals surface area contributed by atoms with Gasteiger partial charge in [-0.05, 0) is 42.8 Å². The number of thiazole rings is 1. The molecule has 0 aliphatic heterocycles. The molecular formula is C19H19FN2O3S. The zero-order chi connectivity index (χ0) is 18.7. The minimum atomic E-state index is -0.417. The van der Waals surface area contributed by atoms with Gasteiger partial charge in [-0.1, -0.05) is 18.3 Å². The second-order valence-corrected chi connectivity index (χ2v) is 6.59. The average Bonchev–Trinajstić information content (AvgIpc) is 3.00. The minimum Gasteiger partial charge on any atom is -0.495 e. The van der Waals surface area contributed by atoms with Crippen LogP contribution in [-0.4, -0.2) is 24.7 Å². The molecule has 0 unspecified atom stereocenters. The van der Waals surface area contributed by atoms with E-state index in [1.165, 1.54) is 35.6 Å². The molecule has 1 amide bonds. The van der Waals surface area contributed by atoms with E-state index in [4.69, 9.17) is 9.47 Å². The zero-order valence-electron chi connectivity index (χ0n) is 14.8. The van der Waals surface area contributed by atoms with Gasteiger partial charge in [0, 0.05) is 12.1 Å². The molecule has 136 valence electrons. The molecule has 2 aromatic carbocycles. The van der Waals surface area contributed by atoms with Gasteiger partial charge in [0.25, 0.3) is 5.91 Å². The number of aryl methyl sites for hydroxylation is 1. The molecule has 0 atom stereocenters. The van der Waals surface area contributed by atoms with Crippen LogP contribution in [0.5, 0.6) is 11.5 Å². The number of fused-ring (bicyclic) bond motifs is 1. The van der Waals surface area contributed by atoms with Crippen LogP contribution < -0.4 is 14.3 Å². The smallest absolute Gasteiger partial charge is 0.279 e. The number of methoxy groups -OCH3 is 2. The summed E-state index contributed by atoms with van der Waals surface area (Å²) in [5.74, 6) is 0.589. The third kappa shape index (κ3) is 3.35. The highest BCUT2D eigenvalue weighted by atomic mass is 32.1. The van der Waals surface area contributed by atoms with Gasteiger partial charge in [0.2, 0.25) is 0 Å². The standard InChI is InChI=1S/C19H19FN2O3S/c1-4-11-22-16-14(24-2)9-10-15(25-3)17(16)26-19(22)21-18(23)12-5-7-13(20)8-6-12/h5-10H,4,11H2,1-3H3. The zero-order valence-corrected chi connectivity index (χ0v) is 15.6. The third-order valence-corrected chi connectivity index (χ3v) is 5.02. The number of hydrogen-bond donors (Lipinski definition) is 0. The fourth-order valence-corrected chi connectivity index (χ4v) is 3.88. The Balaban J connectivity index is 2.22. The lowest BCUT2D eigenvalue weighted by Gasteiger charge is -2.09. The molecule has 3 aromatic rings. The molecule has 0 radical (unpaired) electrons. The largest absolute Gasteiger partial charge is 0.495 e. The summed E-state index contributed by atoms with van der Waals surface area (Å²) in [5.41, 5.74) is 1.19. The Morgan fingerprint density at radius 2 is 1.77 bits per heavy atom. The average molecular weight is 374 g/mol. The number of benzene rings is 2. The second kappa shape index (κ2) is 7.70. The Bertz CT molecular complexity index is 1010. The van der Waals surface area contributed by atoms with Crippen molar-refractivity contribution in [2.45, 2.75) is 19.9 Å². The Morgan fingerprint density at radius 1 is 1.12 bits per heavy atom. The van der Waals surface area contributed by atoms with E-state index in [0.717, 1.165) is 16.6 Å². The molecule has 5 nitrogen and oxygen atoms in total. The molecule has 0 fully saturated rings. The molecule has 0 saturated carbocycles. The lowest BCUT2D eigenvalue weighted by Crippen LogP contribution is -2.17. The summed E-state index contributed by atoms with van der Waals surface area (Å²) in [6.45, 7) is 2.73. The Hall–Kier alpha value is -2.67. The molecule has 7 heteroatoms. The molecule has 0 bridgehead atoms. The van der Waals surface area contributed by atoms with Gasteiger partial charge in [-0.25, -0.2) is 4.39 Å². The Kier molecular flexibility index (Phi) is 5.37. The predicted octanol–water partition coefficient (Wildman–Crippen LogP) is 4.01. The van der Waals surface area contributed by atoms with Crippen molar-refractivity contribution in [3.8, 4) is 11.5 Å². The minimum absolute atomic E-state index is 0.339. The summed E-state index contributed by atoms with van der Waals surface area (Å²) in [4.78, 5) is 17.3. The lowest BCUT2D eigenvalue weighted by atomic mass is 10.2. The maximum absolute atomic E-state index is 13.1. The monoisotopic (exact) mass is 374 g/mol. The van der Waals surface area contributed by atoms with Crippen molar-refractivity contribution in [2.75, 3.05) is 14.2 Å². The van der Waals surface area contributed by atoms with Crippen molar-refractivity contribution in [1.82, 2.24) is 4.57 Å². The number of hydrogen-bond acceptors (Lipinski definition) is 4. The van der Waals surface area contributed by atoms with Crippen LogP contribution in [0.3, 0.4) is 0 Å². The lowest BCUT2D eigenvalue weighted by molar-refractivity contribution is 0.0997. The maximum atomic E-state index is 13.1. The number of carbonyl (C=O) groups is 1. The fraction of sp³-hybridized carbons (Fsp3) is 0.263. The molecule has 26 heavy (non-hydrogen) atoms. The summed E-state index contributed by atoms with van der Waals surface area (Å²) >= 11 is 1.37. The third-order valence-electron chi connectivity index (χ3n) is 3.93. The number of halogens is 1. The van der Waals surface area contributed by atoms with E-state index in [2.05, 4.69) is 11.9 Å². The van der Waals surface area contributed by atoms with Crippen LogP contribution in [0.25, 0.3) is 10.2 Å². The molecule has 1 aromatic heterocycles. The Labute approximate surface area is 154 Å². The van der Waals surface area contributed by atoms with Crippen LogP contribution in [0.4, 0.5) is 4.39 Å². The van der Waals surface area contributed by atoms with E-state index >= 15 is 0 Å². The van der Waals surface area contributed by atoms with E-state index in [1.54, 1.807) is 14.2 Å². The normalized spacial score (nSPS) is 11.8. The van der Waals surface area contributed by atoms with E-state index in [0.29, 0.717) is 28.4 Å². The van der Waals surface area contributed by atoms with Crippen molar-refractivity contribution in [3.05, 3.63) is 52.6 Å². The van der Waals surface area contributed by atoms with Gasteiger partial charge < -0.3 is 14.0 Å². The number of nitrogens with zero attached hydrogens (tertiary/aromatic N) is 2. The van der Waals surface area contributed by atoms with E-state index in [-0.39, 0.29) is 5.82 Å². The van der Waals surface area contributed by atoms with Crippen LogP contribution >= 0.6 is 11.3 Å². The summed E-state index contributed by atoms with van der Waals surface area (Å²) in [6, 6.07) is 9.03. The van der Waals surface area contributed by atoms with E-state index in [1.807, 2.05) is 16.7 Å². The van der Waals surface area contributed by atoms with E-state index in [9.17, 15) is 9.18 Å². The van der Waals surface area contributed by atoms with Gasteiger partial charge in [0.05, 0.1) is 14.2 Å². The summed E-state index contributed by atoms with van der Waals surface area (Å²) < 4.78 is 26.8. The first-order valence-electron chi connectivity index (χ1n) is 8.18. The second-order valence-electron chi connectivity index (χ2n) is 5.61. The summed E-state index contributed by atoms with van der Waals surface area (Å²) in [5, 5.41) is 0. The number of carbonyl (C=O) groups excluding carboxylic acids is 1. The molecule has 0 aliphatic rings. The summed E-state index contributed by atoms with van der Waals surface area (Å²) in [7, 11) is 3.21. The first kappa shape index (κ1) is 18.1. The molecule has 0 saturated heterocycles. The first-order chi connectivity index (χ1) is 12.6. The molecular weight excluding hydrogens is 355 g/mol. The highest BCUT2D eigenvalue weighted by Crippen LogP contribution is 2.35. The van der Waals surface area contributed by atoms with Gasteiger partial charge in [-0.3, -0.25) is 4.79 Å². The van der Waals surface area contributed by atoms with Crippen molar-refractivity contribution < 1.29 is 18.7 Å². The molecule has 0 spiro atoms. The van der Waals surface area contributed by atoms with Gasteiger partial charge in [0.1, 0.15) is 27.5 Å². The molecule has 1 heterocycles. The van der Waals surface area contributed by atoms with Crippen LogP contribution in [0, 0.1) is 5.82 Å². The van der Waals surface area contributed by atoms with Crippen LogP contribution in [0.15, 0.2) is 41.4 Å². The topological polar surface area (TPSA) is 52.8 Å². The highest BCUT2D eigenvalue weighted by molar-refractivity contribution is 7.16.